The molecule has 0 aliphatic rings. The number of allylic oxidation sites excluding steroid dienone is 1. The van der Waals surface area contributed by atoms with Gasteiger partial charge in [0.05, 0.1) is 13.5 Å². The van der Waals surface area contributed by atoms with Gasteiger partial charge in [0.1, 0.15) is 0 Å². The molecule has 1 amide bonds. The van der Waals surface area contributed by atoms with Gasteiger partial charge in [-0.15, -0.1) is 0 Å². The maximum Gasteiger partial charge on any atom is 0.307 e. The Morgan fingerprint density at radius 2 is 1.95 bits per heavy atom. The van der Waals surface area contributed by atoms with E-state index >= 15 is 0 Å². The van der Waals surface area contributed by atoms with Crippen LogP contribution in [0, 0.1) is 0 Å². The number of rotatable bonds is 6. The lowest BCUT2D eigenvalue weighted by molar-refractivity contribution is -0.141. The highest BCUT2D eigenvalue weighted by molar-refractivity contribution is 5.88. The Labute approximate surface area is 119 Å². The van der Waals surface area contributed by atoms with E-state index in [-0.39, 0.29) is 18.3 Å². The Balaban J connectivity index is 2.76. The largest absolute Gasteiger partial charge is 0.469 e. The number of nitrogens with zero attached hydrogens (tertiary/aromatic N) is 2. The molecule has 0 aliphatic carbocycles. The molecule has 1 aromatic heterocycles. The van der Waals surface area contributed by atoms with E-state index in [9.17, 15) is 9.59 Å². The Kier molecular flexibility index (Phi) is 6.43. The summed E-state index contributed by atoms with van der Waals surface area (Å²) in [6, 6.07) is 3.70. The van der Waals surface area contributed by atoms with E-state index in [0.29, 0.717) is 13.1 Å². The summed E-state index contributed by atoms with van der Waals surface area (Å²) in [7, 11) is 1.34. The van der Waals surface area contributed by atoms with Crippen molar-refractivity contribution in [2.75, 3.05) is 13.7 Å². The minimum Gasteiger partial charge on any atom is -0.469 e. The van der Waals surface area contributed by atoms with E-state index in [0.717, 1.165) is 11.1 Å². The zero-order chi connectivity index (χ0) is 15.0. The fourth-order valence-electron chi connectivity index (χ4n) is 1.64. The minimum atomic E-state index is -0.324. The lowest BCUT2D eigenvalue weighted by Crippen LogP contribution is -2.31. The smallest absolute Gasteiger partial charge is 0.307 e. The maximum atomic E-state index is 12.1. The van der Waals surface area contributed by atoms with Crippen LogP contribution in [-0.4, -0.2) is 35.4 Å². The van der Waals surface area contributed by atoms with E-state index in [1.807, 2.05) is 26.0 Å². The van der Waals surface area contributed by atoms with Crippen molar-refractivity contribution < 1.29 is 14.3 Å². The molecule has 0 N–H and O–H groups in total. The first-order valence-electron chi connectivity index (χ1n) is 6.42. The third-order valence-corrected chi connectivity index (χ3v) is 2.66. The van der Waals surface area contributed by atoms with Crippen LogP contribution in [0.4, 0.5) is 0 Å². The number of methoxy groups -OCH3 is 1. The fourth-order valence-corrected chi connectivity index (χ4v) is 1.64. The number of aromatic nitrogens is 1. The predicted octanol–water partition coefficient (Wildman–Crippen LogP) is 1.94. The van der Waals surface area contributed by atoms with Crippen molar-refractivity contribution in [2.24, 2.45) is 0 Å². The van der Waals surface area contributed by atoms with Crippen LogP contribution in [0.15, 0.2) is 36.2 Å². The van der Waals surface area contributed by atoms with Crippen LogP contribution in [0.1, 0.15) is 25.8 Å². The van der Waals surface area contributed by atoms with Crippen LogP contribution in [0.3, 0.4) is 0 Å². The van der Waals surface area contributed by atoms with Gasteiger partial charge in [0.25, 0.3) is 0 Å². The molecular formula is C15H20N2O3. The third kappa shape index (κ3) is 5.65. The molecule has 0 spiro atoms. The van der Waals surface area contributed by atoms with Gasteiger partial charge in [0, 0.05) is 31.6 Å². The second-order valence-corrected chi connectivity index (χ2v) is 4.66. The van der Waals surface area contributed by atoms with Gasteiger partial charge >= 0.3 is 5.97 Å². The number of hydrogen-bond donors (Lipinski definition) is 0. The Bertz CT molecular complexity index is 479. The summed E-state index contributed by atoms with van der Waals surface area (Å²) >= 11 is 0. The molecule has 0 unspecified atom stereocenters. The maximum absolute atomic E-state index is 12.1. The second kappa shape index (κ2) is 8.09. The molecular weight excluding hydrogens is 256 g/mol. The lowest BCUT2D eigenvalue weighted by Gasteiger charge is -2.21. The van der Waals surface area contributed by atoms with Crippen LogP contribution in [0.5, 0.6) is 0 Å². The monoisotopic (exact) mass is 276 g/mol. The van der Waals surface area contributed by atoms with Gasteiger partial charge in [-0.2, -0.15) is 0 Å². The van der Waals surface area contributed by atoms with Crippen molar-refractivity contribution in [2.45, 2.75) is 26.8 Å². The first kappa shape index (κ1) is 15.9. The van der Waals surface area contributed by atoms with Crippen molar-refractivity contribution in [3.63, 3.8) is 0 Å². The molecule has 0 aliphatic heterocycles. The van der Waals surface area contributed by atoms with Gasteiger partial charge in [0.15, 0.2) is 0 Å². The molecule has 1 heterocycles. The highest BCUT2D eigenvalue weighted by Gasteiger charge is 2.13. The van der Waals surface area contributed by atoms with E-state index < -0.39 is 0 Å². The number of amides is 1. The second-order valence-electron chi connectivity index (χ2n) is 4.66. The molecule has 20 heavy (non-hydrogen) atoms. The molecule has 0 saturated carbocycles. The van der Waals surface area contributed by atoms with Gasteiger partial charge in [-0.1, -0.05) is 5.57 Å². The van der Waals surface area contributed by atoms with Crippen molar-refractivity contribution in [3.05, 3.63) is 41.7 Å². The van der Waals surface area contributed by atoms with Crippen LogP contribution < -0.4 is 0 Å². The van der Waals surface area contributed by atoms with Gasteiger partial charge in [-0.3, -0.25) is 14.6 Å². The quantitative estimate of drug-likeness (QED) is 0.588. The number of carbonyl (C=O) groups excluding carboxylic acids is 2. The van der Waals surface area contributed by atoms with E-state index in [1.54, 1.807) is 23.4 Å². The standard InChI is InChI=1S/C15H20N2O3/c1-12(2)10-14(18)17(9-6-15(19)20-3)11-13-4-7-16-8-5-13/h4-5,7-8,10H,6,9,11H2,1-3H3. The molecule has 0 saturated heterocycles. The summed E-state index contributed by atoms with van der Waals surface area (Å²) in [6.07, 6.45) is 5.11. The number of ether oxygens (including phenoxy) is 1. The van der Waals surface area contributed by atoms with Crippen molar-refractivity contribution >= 4 is 11.9 Å². The minimum absolute atomic E-state index is 0.106. The number of carbonyl (C=O) groups is 2. The van der Waals surface area contributed by atoms with Crippen LogP contribution in [-0.2, 0) is 20.9 Å². The summed E-state index contributed by atoms with van der Waals surface area (Å²) in [6.45, 7) is 4.51. The number of esters is 1. The summed E-state index contributed by atoms with van der Waals surface area (Å²) in [4.78, 5) is 28.9. The zero-order valence-corrected chi connectivity index (χ0v) is 12.1. The normalized spacial score (nSPS) is 9.75. The van der Waals surface area contributed by atoms with Gasteiger partial charge in [0.2, 0.25) is 5.91 Å². The predicted molar refractivity (Wildman–Crippen MR) is 75.7 cm³/mol. The molecule has 0 fully saturated rings. The summed E-state index contributed by atoms with van der Waals surface area (Å²) in [5, 5.41) is 0. The molecule has 108 valence electrons. The summed E-state index contributed by atoms with van der Waals surface area (Å²) in [5.41, 5.74) is 1.90. The van der Waals surface area contributed by atoms with Crippen molar-refractivity contribution in [1.29, 1.82) is 0 Å². The van der Waals surface area contributed by atoms with E-state index in [1.165, 1.54) is 7.11 Å². The number of pyridine rings is 1. The average Bonchev–Trinajstić information content (AvgIpc) is 2.43. The van der Waals surface area contributed by atoms with E-state index in [2.05, 4.69) is 9.72 Å². The molecule has 0 atom stereocenters. The molecule has 0 radical (unpaired) electrons. The van der Waals surface area contributed by atoms with Crippen molar-refractivity contribution in [3.8, 4) is 0 Å². The van der Waals surface area contributed by atoms with Gasteiger partial charge < -0.3 is 9.64 Å². The van der Waals surface area contributed by atoms with Gasteiger partial charge in [-0.25, -0.2) is 0 Å². The average molecular weight is 276 g/mol. The van der Waals surface area contributed by atoms with Crippen molar-refractivity contribution in [1.82, 2.24) is 9.88 Å². The Morgan fingerprint density at radius 1 is 1.30 bits per heavy atom. The summed E-state index contributed by atoms with van der Waals surface area (Å²) < 4.78 is 4.61. The molecule has 5 nitrogen and oxygen atoms in total. The first-order valence-corrected chi connectivity index (χ1v) is 6.42. The molecule has 0 bridgehead atoms. The van der Waals surface area contributed by atoms with Crippen LogP contribution >= 0.6 is 0 Å². The number of hydrogen-bond acceptors (Lipinski definition) is 4. The topological polar surface area (TPSA) is 59.5 Å². The Hall–Kier alpha value is -2.17. The molecule has 1 aromatic rings. The highest BCUT2D eigenvalue weighted by Crippen LogP contribution is 2.07. The zero-order valence-electron chi connectivity index (χ0n) is 12.1. The molecule has 0 aromatic carbocycles. The third-order valence-electron chi connectivity index (χ3n) is 2.66. The van der Waals surface area contributed by atoms with E-state index in [4.69, 9.17) is 0 Å². The molecule has 1 rings (SSSR count). The van der Waals surface area contributed by atoms with Crippen LogP contribution in [0.25, 0.3) is 0 Å². The highest BCUT2D eigenvalue weighted by atomic mass is 16.5. The lowest BCUT2D eigenvalue weighted by atomic mass is 10.2. The SMILES string of the molecule is COC(=O)CCN(Cc1ccncc1)C(=O)C=C(C)C. The van der Waals surface area contributed by atoms with Crippen LogP contribution in [0.2, 0.25) is 0 Å². The Morgan fingerprint density at radius 3 is 2.50 bits per heavy atom. The first-order chi connectivity index (χ1) is 9.52. The fraction of sp³-hybridized carbons (Fsp3) is 0.400. The molecule has 5 heteroatoms. The van der Waals surface area contributed by atoms with Gasteiger partial charge in [-0.05, 0) is 31.5 Å². The summed E-state index contributed by atoms with van der Waals surface area (Å²) in [5.74, 6) is -0.430.